The van der Waals surface area contributed by atoms with Crippen molar-refractivity contribution < 1.29 is 9.90 Å². The average molecular weight is 385 g/mol. The predicted molar refractivity (Wildman–Crippen MR) is 109 cm³/mol. The van der Waals surface area contributed by atoms with Crippen LogP contribution in [0.2, 0.25) is 0 Å². The van der Waals surface area contributed by atoms with Crippen molar-refractivity contribution in [3.63, 3.8) is 0 Å². The number of fused-ring (bicyclic) bond motifs is 2. The summed E-state index contributed by atoms with van der Waals surface area (Å²) in [7, 11) is 0. The second kappa shape index (κ2) is 7.20. The van der Waals surface area contributed by atoms with Gasteiger partial charge in [-0.1, -0.05) is 18.2 Å². The van der Waals surface area contributed by atoms with Gasteiger partial charge in [0.05, 0.1) is 41.8 Å². The van der Waals surface area contributed by atoms with E-state index in [0.29, 0.717) is 6.54 Å². The SMILES string of the molecule is O=CC1NC(CO)Cn2nc(-c3ccnc(-c4cnc5ccccc5c4)c3)cc21. The fourth-order valence-corrected chi connectivity index (χ4v) is 3.75. The van der Waals surface area contributed by atoms with Gasteiger partial charge in [0.2, 0.25) is 0 Å². The molecular formula is C22H19N5O2. The minimum Gasteiger partial charge on any atom is -0.395 e. The molecule has 7 heteroatoms. The minimum absolute atomic E-state index is 0.0483. The number of carbonyl (C=O) groups is 1. The summed E-state index contributed by atoms with van der Waals surface area (Å²) >= 11 is 0. The highest BCUT2D eigenvalue weighted by atomic mass is 16.3. The average Bonchev–Trinajstić information content (AvgIpc) is 3.22. The zero-order chi connectivity index (χ0) is 19.8. The van der Waals surface area contributed by atoms with Crippen molar-refractivity contribution in [1.29, 1.82) is 0 Å². The molecule has 4 heterocycles. The number of para-hydroxylation sites is 1. The van der Waals surface area contributed by atoms with Gasteiger partial charge in [-0.25, -0.2) is 0 Å². The molecule has 0 aliphatic carbocycles. The van der Waals surface area contributed by atoms with Gasteiger partial charge >= 0.3 is 0 Å². The Morgan fingerprint density at radius 3 is 2.86 bits per heavy atom. The monoisotopic (exact) mass is 385 g/mol. The molecule has 0 amide bonds. The van der Waals surface area contributed by atoms with Crippen LogP contribution in [-0.4, -0.2) is 43.8 Å². The summed E-state index contributed by atoms with van der Waals surface area (Å²) in [5.74, 6) is 0. The number of rotatable bonds is 4. The molecule has 0 bridgehead atoms. The Morgan fingerprint density at radius 2 is 2.00 bits per heavy atom. The topological polar surface area (TPSA) is 92.9 Å². The maximum absolute atomic E-state index is 11.5. The summed E-state index contributed by atoms with van der Waals surface area (Å²) in [6.45, 7) is 0.468. The molecule has 1 aromatic carbocycles. The molecule has 0 saturated carbocycles. The standard InChI is InChI=1S/C22H19N5O2/c28-12-17-11-27-22(21(13-29)25-17)9-20(26-27)15-5-6-23-19(8-15)16-7-14-3-1-2-4-18(14)24-10-16/h1-10,13,17,21,25,28H,11-12H2. The zero-order valence-corrected chi connectivity index (χ0v) is 15.6. The Balaban J connectivity index is 1.53. The number of aliphatic hydroxyl groups excluding tert-OH is 1. The number of aromatic nitrogens is 4. The molecule has 0 spiro atoms. The lowest BCUT2D eigenvalue weighted by molar-refractivity contribution is -0.110. The van der Waals surface area contributed by atoms with E-state index in [4.69, 9.17) is 0 Å². The number of nitrogens with one attached hydrogen (secondary N) is 1. The van der Waals surface area contributed by atoms with Gasteiger partial charge in [0, 0.05) is 28.9 Å². The molecule has 2 atom stereocenters. The lowest BCUT2D eigenvalue weighted by Gasteiger charge is -2.27. The molecule has 0 saturated heterocycles. The maximum Gasteiger partial charge on any atom is 0.143 e. The van der Waals surface area contributed by atoms with Crippen LogP contribution in [-0.2, 0) is 11.3 Å². The molecule has 3 aromatic heterocycles. The van der Waals surface area contributed by atoms with Crippen molar-refractivity contribution in [1.82, 2.24) is 25.1 Å². The molecule has 7 nitrogen and oxygen atoms in total. The third-order valence-electron chi connectivity index (χ3n) is 5.24. The quantitative estimate of drug-likeness (QED) is 0.524. The Kier molecular flexibility index (Phi) is 4.38. The summed E-state index contributed by atoms with van der Waals surface area (Å²) in [5, 5.41) is 18.3. The molecule has 2 N–H and O–H groups in total. The number of aliphatic hydroxyl groups is 1. The highest BCUT2D eigenvalue weighted by Crippen LogP contribution is 2.28. The van der Waals surface area contributed by atoms with Crippen LogP contribution in [0.3, 0.4) is 0 Å². The predicted octanol–water partition coefficient (Wildman–Crippen LogP) is 2.36. The van der Waals surface area contributed by atoms with Gasteiger partial charge in [-0.05, 0) is 30.3 Å². The molecular weight excluding hydrogens is 366 g/mol. The van der Waals surface area contributed by atoms with E-state index in [-0.39, 0.29) is 12.6 Å². The molecule has 29 heavy (non-hydrogen) atoms. The second-order valence-electron chi connectivity index (χ2n) is 7.14. The Hall–Kier alpha value is -3.42. The van der Waals surface area contributed by atoms with E-state index in [9.17, 15) is 9.90 Å². The van der Waals surface area contributed by atoms with Crippen molar-refractivity contribution in [3.05, 3.63) is 66.6 Å². The van der Waals surface area contributed by atoms with Crippen LogP contribution in [0.5, 0.6) is 0 Å². The summed E-state index contributed by atoms with van der Waals surface area (Å²) in [5.41, 5.74) is 5.16. The number of pyridine rings is 2. The highest BCUT2D eigenvalue weighted by Gasteiger charge is 2.27. The van der Waals surface area contributed by atoms with Crippen molar-refractivity contribution in [3.8, 4) is 22.5 Å². The van der Waals surface area contributed by atoms with E-state index in [0.717, 1.165) is 45.4 Å². The van der Waals surface area contributed by atoms with Gasteiger partial charge in [0.15, 0.2) is 0 Å². The number of carbonyl (C=O) groups excluding carboxylic acids is 1. The van der Waals surface area contributed by atoms with Crippen LogP contribution >= 0.6 is 0 Å². The number of nitrogens with zero attached hydrogens (tertiary/aromatic N) is 4. The lowest BCUT2D eigenvalue weighted by Crippen LogP contribution is -2.45. The van der Waals surface area contributed by atoms with Crippen LogP contribution in [0.15, 0.2) is 60.9 Å². The third-order valence-corrected chi connectivity index (χ3v) is 5.24. The number of benzene rings is 1. The largest absolute Gasteiger partial charge is 0.395 e. The van der Waals surface area contributed by atoms with E-state index in [1.165, 1.54) is 0 Å². The van der Waals surface area contributed by atoms with E-state index in [2.05, 4.69) is 26.4 Å². The van der Waals surface area contributed by atoms with Gasteiger partial charge < -0.3 is 9.90 Å². The summed E-state index contributed by atoms with van der Waals surface area (Å²) in [4.78, 5) is 20.5. The molecule has 5 rings (SSSR count). The van der Waals surface area contributed by atoms with Crippen LogP contribution in [0.4, 0.5) is 0 Å². The number of aldehydes is 1. The van der Waals surface area contributed by atoms with Gasteiger partial charge in [-0.3, -0.25) is 20.0 Å². The first-order valence-corrected chi connectivity index (χ1v) is 9.46. The summed E-state index contributed by atoms with van der Waals surface area (Å²) < 4.78 is 1.80. The van der Waals surface area contributed by atoms with Crippen LogP contribution < -0.4 is 5.32 Å². The highest BCUT2D eigenvalue weighted by molar-refractivity contribution is 5.83. The Morgan fingerprint density at radius 1 is 1.10 bits per heavy atom. The van der Waals surface area contributed by atoms with Gasteiger partial charge in [0.25, 0.3) is 0 Å². The molecule has 1 aliphatic rings. The fraction of sp³-hybridized carbons (Fsp3) is 0.182. The Labute approximate surface area is 167 Å². The molecule has 144 valence electrons. The van der Waals surface area contributed by atoms with Crippen molar-refractivity contribution in [2.75, 3.05) is 6.61 Å². The van der Waals surface area contributed by atoms with Gasteiger partial charge in [0.1, 0.15) is 12.3 Å². The smallest absolute Gasteiger partial charge is 0.143 e. The molecule has 1 aliphatic heterocycles. The van der Waals surface area contributed by atoms with Gasteiger partial charge in [-0.2, -0.15) is 5.10 Å². The van der Waals surface area contributed by atoms with Crippen LogP contribution in [0, 0.1) is 0 Å². The van der Waals surface area contributed by atoms with Crippen molar-refractivity contribution in [2.45, 2.75) is 18.6 Å². The van der Waals surface area contributed by atoms with Crippen LogP contribution in [0.25, 0.3) is 33.4 Å². The van der Waals surface area contributed by atoms with E-state index in [1.54, 1.807) is 10.9 Å². The third kappa shape index (κ3) is 3.20. The second-order valence-corrected chi connectivity index (χ2v) is 7.14. The van der Waals surface area contributed by atoms with E-state index in [1.807, 2.05) is 48.7 Å². The summed E-state index contributed by atoms with van der Waals surface area (Å²) in [6, 6.07) is 15.2. The molecule has 0 fully saturated rings. The molecule has 0 radical (unpaired) electrons. The molecule has 4 aromatic rings. The Bertz CT molecular complexity index is 1200. The number of hydrogen-bond acceptors (Lipinski definition) is 6. The zero-order valence-electron chi connectivity index (χ0n) is 15.6. The summed E-state index contributed by atoms with van der Waals surface area (Å²) in [6.07, 6.45) is 4.42. The molecule has 2 unspecified atom stereocenters. The first kappa shape index (κ1) is 17.7. The van der Waals surface area contributed by atoms with Crippen molar-refractivity contribution >= 4 is 17.2 Å². The van der Waals surface area contributed by atoms with Crippen LogP contribution in [0.1, 0.15) is 11.7 Å². The fourth-order valence-electron chi connectivity index (χ4n) is 3.75. The maximum atomic E-state index is 11.5. The van der Waals surface area contributed by atoms with Gasteiger partial charge in [-0.15, -0.1) is 0 Å². The first-order chi connectivity index (χ1) is 14.2. The normalized spacial score (nSPS) is 18.5. The van der Waals surface area contributed by atoms with Crippen molar-refractivity contribution in [2.24, 2.45) is 0 Å². The van der Waals surface area contributed by atoms with E-state index < -0.39 is 6.04 Å². The van der Waals surface area contributed by atoms with E-state index >= 15 is 0 Å². The lowest BCUT2D eigenvalue weighted by atomic mass is 10.1. The first-order valence-electron chi connectivity index (χ1n) is 9.46. The number of hydrogen-bond donors (Lipinski definition) is 2. The minimum atomic E-state index is -0.479.